The van der Waals surface area contributed by atoms with E-state index in [1.54, 1.807) is 18.2 Å². The molecule has 316 valence electrons. The van der Waals surface area contributed by atoms with E-state index in [1.807, 2.05) is 66.7 Å². The number of rotatable bonds is 10. The van der Waals surface area contributed by atoms with Gasteiger partial charge >= 0.3 is 0 Å². The number of hydrogen-bond acceptors (Lipinski definition) is 10. The highest BCUT2D eigenvalue weighted by atomic mass is 35.5. The average molecular weight is 869 g/mol. The lowest BCUT2D eigenvalue weighted by atomic mass is 10.0. The van der Waals surface area contributed by atoms with Crippen LogP contribution in [0.25, 0.3) is 21.8 Å². The van der Waals surface area contributed by atoms with Crippen molar-refractivity contribution in [3.05, 3.63) is 216 Å². The van der Waals surface area contributed by atoms with Crippen LogP contribution >= 0.6 is 11.6 Å². The van der Waals surface area contributed by atoms with Crippen LogP contribution in [-0.2, 0) is 12.8 Å². The van der Waals surface area contributed by atoms with E-state index in [2.05, 4.69) is 9.97 Å². The van der Waals surface area contributed by atoms with E-state index >= 15 is 0 Å². The first-order valence-corrected chi connectivity index (χ1v) is 19.4. The summed E-state index contributed by atoms with van der Waals surface area (Å²) in [6.45, 7) is 2.61. The third kappa shape index (κ3) is 11.7. The zero-order valence-corrected chi connectivity index (χ0v) is 34.3. The minimum Gasteiger partial charge on any atom is -0.507 e. The number of nitro groups is 2. The number of ether oxygens (including phenoxy) is 1. The molecule has 6 aromatic carbocycles. The Kier molecular flexibility index (Phi) is 14.2. The number of Topliss-reactive ketones (excluding diaryl/α,β-unsaturated/α-hetero) is 2. The molecule has 2 aromatic heterocycles. The number of aromatic nitrogens is 2. The highest BCUT2D eigenvalue weighted by Gasteiger charge is 2.17. The van der Waals surface area contributed by atoms with Gasteiger partial charge in [-0.2, -0.15) is 0 Å². The fourth-order valence-corrected chi connectivity index (χ4v) is 6.54. The summed E-state index contributed by atoms with van der Waals surface area (Å²) >= 11 is 6.21. The van der Waals surface area contributed by atoms with Gasteiger partial charge in [0.1, 0.15) is 28.3 Å². The Bertz CT molecular complexity index is 3010. The highest BCUT2D eigenvalue weighted by molar-refractivity contribution is 6.30. The van der Waals surface area contributed by atoms with Gasteiger partial charge < -0.3 is 9.84 Å². The molecular weight excluding hydrogens is 834 g/mol. The summed E-state index contributed by atoms with van der Waals surface area (Å²) < 4.78 is 32.1. The number of phenols is 1. The van der Waals surface area contributed by atoms with Gasteiger partial charge in [0.2, 0.25) is 5.88 Å². The van der Waals surface area contributed by atoms with Gasteiger partial charge in [-0.3, -0.25) is 29.8 Å². The molecule has 8 aromatic rings. The molecule has 0 aliphatic carbocycles. The second-order valence-electron chi connectivity index (χ2n) is 14.0. The third-order valence-electron chi connectivity index (χ3n) is 9.42. The monoisotopic (exact) mass is 868 g/mol. The minimum atomic E-state index is -0.541. The number of hydrogen-bond donors (Lipinski definition) is 1. The molecule has 1 N–H and O–H groups in total. The number of aromatic hydroxyl groups is 1. The molecule has 2 heterocycles. The number of carbonyl (C=O) groups excluding carboxylic acids is 2. The van der Waals surface area contributed by atoms with Crippen molar-refractivity contribution < 1.29 is 38.1 Å². The van der Waals surface area contributed by atoms with Crippen LogP contribution in [-0.4, -0.2) is 36.5 Å². The van der Waals surface area contributed by atoms with Crippen molar-refractivity contribution in [3.8, 4) is 17.4 Å². The summed E-state index contributed by atoms with van der Waals surface area (Å²) in [6, 6.07) is 39.1. The lowest BCUT2D eigenvalue weighted by Crippen LogP contribution is -2.02. The molecule has 0 atom stereocenters. The Morgan fingerprint density at radius 1 is 0.619 bits per heavy atom. The van der Waals surface area contributed by atoms with Crippen LogP contribution in [0.3, 0.4) is 0 Å². The van der Waals surface area contributed by atoms with Crippen molar-refractivity contribution in [2.24, 2.45) is 0 Å². The summed E-state index contributed by atoms with van der Waals surface area (Å²) in [4.78, 5) is 52.6. The molecule has 0 radical (unpaired) electrons. The summed E-state index contributed by atoms with van der Waals surface area (Å²) in [5, 5.41) is 32.8. The molecule has 15 heteroatoms. The van der Waals surface area contributed by atoms with Crippen LogP contribution < -0.4 is 4.74 Å². The highest BCUT2D eigenvalue weighted by Crippen LogP contribution is 2.33. The lowest BCUT2D eigenvalue weighted by molar-refractivity contribution is -0.384. The van der Waals surface area contributed by atoms with E-state index in [0.29, 0.717) is 40.0 Å². The first-order valence-electron chi connectivity index (χ1n) is 19.0. The number of phenolic OH excluding ortho intramolecular Hbond substituents is 1. The summed E-state index contributed by atoms with van der Waals surface area (Å²) in [5.74, 6) is -1.48. The topological polar surface area (TPSA) is 176 Å². The van der Waals surface area contributed by atoms with E-state index in [1.165, 1.54) is 50.2 Å². The number of nitro benzene ring substituents is 2. The lowest BCUT2D eigenvalue weighted by Gasteiger charge is -2.14. The molecule has 0 aliphatic heterocycles. The maximum absolute atomic E-state index is 13.6. The first kappa shape index (κ1) is 44.6. The zero-order chi connectivity index (χ0) is 45.2. The molecule has 0 fully saturated rings. The second-order valence-corrected chi connectivity index (χ2v) is 14.4. The largest absolute Gasteiger partial charge is 0.507 e. The Hall–Kier alpha value is -7.97. The Labute approximate surface area is 363 Å². The van der Waals surface area contributed by atoms with Gasteiger partial charge in [-0.1, -0.05) is 72.3 Å². The summed E-state index contributed by atoms with van der Waals surface area (Å²) in [6.07, 6.45) is 1.10. The predicted octanol–water partition coefficient (Wildman–Crippen LogP) is 12.0. The second kappa shape index (κ2) is 20.1. The van der Waals surface area contributed by atoms with Crippen LogP contribution in [0.4, 0.5) is 20.2 Å². The molecule has 0 spiro atoms. The number of halogens is 3. The zero-order valence-electron chi connectivity index (χ0n) is 33.5. The van der Waals surface area contributed by atoms with Crippen molar-refractivity contribution in [2.75, 3.05) is 0 Å². The van der Waals surface area contributed by atoms with Crippen LogP contribution in [0.5, 0.6) is 17.4 Å². The quantitative estimate of drug-likeness (QED) is 0.0602. The molecule has 0 unspecified atom stereocenters. The van der Waals surface area contributed by atoms with E-state index < -0.39 is 21.5 Å². The van der Waals surface area contributed by atoms with Crippen molar-refractivity contribution in [1.82, 2.24) is 9.97 Å². The van der Waals surface area contributed by atoms with Crippen LogP contribution in [0.15, 0.2) is 146 Å². The van der Waals surface area contributed by atoms with E-state index in [-0.39, 0.29) is 51.4 Å². The molecule has 0 saturated heterocycles. The van der Waals surface area contributed by atoms with Gasteiger partial charge in [0.05, 0.1) is 32.0 Å². The molecule has 12 nitrogen and oxygen atoms in total. The smallest absolute Gasteiger partial charge is 0.270 e. The molecule has 0 amide bonds. The number of fused-ring (bicyclic) bond motifs is 2. The van der Waals surface area contributed by atoms with E-state index in [4.69, 9.17) is 21.4 Å². The maximum Gasteiger partial charge on any atom is 0.270 e. The molecule has 0 saturated carbocycles. The minimum absolute atomic E-state index is 0.0185. The molecule has 0 bridgehead atoms. The van der Waals surface area contributed by atoms with E-state index in [9.17, 15) is 38.6 Å². The Balaban J connectivity index is 0.000000177. The molecule has 63 heavy (non-hydrogen) atoms. The van der Waals surface area contributed by atoms with Gasteiger partial charge in [-0.05, 0) is 91.2 Å². The number of nitrogens with zero attached hydrogens (tertiary/aromatic N) is 4. The average Bonchev–Trinajstić information content (AvgIpc) is 3.26. The molecule has 8 rings (SSSR count). The van der Waals surface area contributed by atoms with Crippen LogP contribution in [0.1, 0.15) is 56.8 Å². The van der Waals surface area contributed by atoms with Crippen molar-refractivity contribution >= 4 is 56.3 Å². The predicted molar refractivity (Wildman–Crippen MR) is 235 cm³/mol. The van der Waals surface area contributed by atoms with Gasteiger partial charge in [0.25, 0.3) is 11.4 Å². The number of carbonyl (C=O) groups is 2. The van der Waals surface area contributed by atoms with E-state index in [0.717, 1.165) is 46.3 Å². The number of non-ortho nitro benzene ring substituents is 2. The number of pyridine rings is 2. The van der Waals surface area contributed by atoms with Crippen molar-refractivity contribution in [3.63, 3.8) is 0 Å². The number of ketones is 2. The Morgan fingerprint density at radius 2 is 1.10 bits per heavy atom. The van der Waals surface area contributed by atoms with Crippen LogP contribution in [0, 0.1) is 31.9 Å². The fourth-order valence-electron chi connectivity index (χ4n) is 6.33. The van der Waals surface area contributed by atoms with Crippen molar-refractivity contribution in [2.45, 2.75) is 26.7 Å². The summed E-state index contributed by atoms with van der Waals surface area (Å²) in [5.41, 5.74) is 4.94. The van der Waals surface area contributed by atoms with Crippen molar-refractivity contribution in [1.29, 1.82) is 0 Å². The maximum atomic E-state index is 13.6. The fraction of sp³-hybridized carbons (Fsp3) is 0.0833. The first-order chi connectivity index (χ1) is 30.1. The normalized spacial score (nSPS) is 10.6. The Morgan fingerprint density at radius 3 is 1.60 bits per heavy atom. The van der Waals surface area contributed by atoms with Gasteiger partial charge in [0.15, 0.2) is 11.6 Å². The standard InChI is InChI=1S/C24H17FN2O4.C16H11ClN2O2.C8H7FO2/c1-15(28)21-14-19(25)7-10-23(21)31-24-18(11-16-5-3-2-4-6-16)12-17-13-20(27(29)30)8-9-22(17)26-24;17-16-13(8-11-4-2-1-3-5-11)9-12-10-14(19(20)21)6-7-15(12)18-16;1-5(10)7-4-6(9)2-3-8(7)11/h2-10,12-14H,11H2,1H3;1-7,9-10H,8H2;2-4,11H,1H3. The van der Waals surface area contributed by atoms with Gasteiger partial charge in [-0.15, -0.1) is 0 Å². The van der Waals surface area contributed by atoms with Gasteiger partial charge in [0, 0.05) is 53.4 Å². The third-order valence-corrected chi connectivity index (χ3v) is 9.75. The SMILES string of the molecule is CC(=O)c1cc(F)ccc1O.CC(=O)c1cc(F)ccc1Oc1nc2ccc([N+](=O)[O-])cc2cc1Cc1ccccc1.O=[N+]([O-])c1ccc2nc(Cl)c(Cc3ccccc3)cc2c1. The van der Waals surface area contributed by atoms with Crippen LogP contribution in [0.2, 0.25) is 5.15 Å². The molecule has 0 aliphatic rings. The summed E-state index contributed by atoms with van der Waals surface area (Å²) in [7, 11) is 0. The number of benzene rings is 6. The molecular formula is C48H35ClF2N4O8. The van der Waals surface area contributed by atoms with Gasteiger partial charge in [-0.25, -0.2) is 18.7 Å².